The number of hydrogen-bond donors (Lipinski definition) is 0. The van der Waals surface area contributed by atoms with Crippen LogP contribution >= 0.6 is 15.9 Å². The third-order valence-electron chi connectivity index (χ3n) is 3.36. The molecule has 3 nitrogen and oxygen atoms in total. The van der Waals surface area contributed by atoms with Crippen LogP contribution in [0.3, 0.4) is 0 Å². The van der Waals surface area contributed by atoms with Crippen LogP contribution in [0, 0.1) is 0 Å². The Labute approximate surface area is 125 Å². The largest absolute Gasteiger partial charge is 0.270 e. The first-order valence-electron chi connectivity index (χ1n) is 6.29. The number of halogens is 1. The van der Waals surface area contributed by atoms with E-state index in [1.165, 1.54) is 4.90 Å². The number of imide groups is 1. The zero-order valence-electron chi connectivity index (χ0n) is 10.7. The Morgan fingerprint density at radius 3 is 2.05 bits per heavy atom. The molecule has 0 N–H and O–H groups in total. The van der Waals surface area contributed by atoms with Crippen LogP contribution in [0.5, 0.6) is 0 Å². The van der Waals surface area contributed by atoms with Gasteiger partial charge in [-0.1, -0.05) is 52.3 Å². The molecule has 1 heterocycles. The molecule has 0 aliphatic carbocycles. The SMILES string of the molecule is O=C1c2ccccc2C(=O)N1Cc1cccc(CBr)c1. The standard InChI is InChI=1S/C16H12BrNO2/c17-9-11-4-3-5-12(8-11)10-18-15(19)13-6-1-2-7-14(13)16(18)20/h1-8H,9-10H2. The highest BCUT2D eigenvalue weighted by molar-refractivity contribution is 9.08. The van der Waals surface area contributed by atoms with Gasteiger partial charge in [-0.3, -0.25) is 14.5 Å². The van der Waals surface area contributed by atoms with Crippen molar-refractivity contribution in [2.24, 2.45) is 0 Å². The van der Waals surface area contributed by atoms with E-state index in [4.69, 9.17) is 0 Å². The maximum Gasteiger partial charge on any atom is 0.261 e. The van der Waals surface area contributed by atoms with Crippen molar-refractivity contribution in [3.63, 3.8) is 0 Å². The molecule has 20 heavy (non-hydrogen) atoms. The molecule has 2 aromatic rings. The topological polar surface area (TPSA) is 37.4 Å². The number of carbonyl (C=O) groups is 2. The Kier molecular flexibility index (Phi) is 3.40. The minimum Gasteiger partial charge on any atom is -0.270 e. The number of amides is 2. The van der Waals surface area contributed by atoms with Gasteiger partial charge >= 0.3 is 0 Å². The van der Waals surface area contributed by atoms with Gasteiger partial charge in [0.15, 0.2) is 0 Å². The van der Waals surface area contributed by atoms with Crippen LogP contribution in [0.2, 0.25) is 0 Å². The highest BCUT2D eigenvalue weighted by Crippen LogP contribution is 2.24. The molecule has 0 aromatic heterocycles. The van der Waals surface area contributed by atoms with Gasteiger partial charge in [0.05, 0.1) is 17.7 Å². The molecule has 0 atom stereocenters. The molecule has 2 amide bonds. The lowest BCUT2D eigenvalue weighted by molar-refractivity contribution is 0.0642. The fraction of sp³-hybridized carbons (Fsp3) is 0.125. The van der Waals surface area contributed by atoms with Crippen molar-refractivity contribution in [2.45, 2.75) is 11.9 Å². The van der Waals surface area contributed by atoms with Crippen molar-refractivity contribution < 1.29 is 9.59 Å². The Morgan fingerprint density at radius 1 is 0.850 bits per heavy atom. The number of carbonyl (C=O) groups excluding carboxylic acids is 2. The van der Waals surface area contributed by atoms with Crippen LogP contribution < -0.4 is 0 Å². The summed E-state index contributed by atoms with van der Waals surface area (Å²) in [4.78, 5) is 25.8. The van der Waals surface area contributed by atoms with Crippen LogP contribution in [0.1, 0.15) is 31.8 Å². The molecule has 3 rings (SSSR count). The minimum absolute atomic E-state index is 0.213. The summed E-state index contributed by atoms with van der Waals surface area (Å²) < 4.78 is 0. The predicted molar refractivity (Wildman–Crippen MR) is 79.7 cm³/mol. The first-order valence-corrected chi connectivity index (χ1v) is 7.42. The average Bonchev–Trinajstić information content (AvgIpc) is 2.73. The number of hydrogen-bond acceptors (Lipinski definition) is 2. The van der Waals surface area contributed by atoms with E-state index in [2.05, 4.69) is 15.9 Å². The highest BCUT2D eigenvalue weighted by Gasteiger charge is 2.34. The molecule has 100 valence electrons. The predicted octanol–water partition coefficient (Wildman–Crippen LogP) is 3.38. The van der Waals surface area contributed by atoms with Crippen molar-refractivity contribution in [2.75, 3.05) is 0 Å². The van der Waals surface area contributed by atoms with E-state index in [-0.39, 0.29) is 11.8 Å². The molecule has 0 spiro atoms. The summed E-state index contributed by atoms with van der Waals surface area (Å²) in [5.41, 5.74) is 3.07. The van der Waals surface area contributed by atoms with Gasteiger partial charge in [0, 0.05) is 5.33 Å². The van der Waals surface area contributed by atoms with E-state index < -0.39 is 0 Å². The molecule has 1 aliphatic heterocycles. The maximum absolute atomic E-state index is 12.3. The number of rotatable bonds is 3. The monoisotopic (exact) mass is 329 g/mol. The molecule has 0 fully saturated rings. The molecule has 0 saturated carbocycles. The zero-order chi connectivity index (χ0) is 14.1. The molecule has 0 unspecified atom stereocenters. The van der Waals surface area contributed by atoms with Gasteiger partial charge in [-0.15, -0.1) is 0 Å². The normalized spacial score (nSPS) is 13.8. The Morgan fingerprint density at radius 2 is 1.45 bits per heavy atom. The van der Waals surface area contributed by atoms with Gasteiger partial charge < -0.3 is 0 Å². The second-order valence-corrected chi connectivity index (χ2v) is 5.26. The summed E-state index contributed by atoms with van der Waals surface area (Å²) in [6.07, 6.45) is 0. The molecule has 4 heteroatoms. The molecule has 2 aromatic carbocycles. The molecular formula is C16H12BrNO2. The second kappa shape index (κ2) is 5.21. The lowest BCUT2D eigenvalue weighted by Gasteiger charge is -2.14. The van der Waals surface area contributed by atoms with E-state index in [9.17, 15) is 9.59 Å². The molecule has 0 radical (unpaired) electrons. The van der Waals surface area contributed by atoms with Gasteiger partial charge in [0.1, 0.15) is 0 Å². The fourth-order valence-electron chi connectivity index (χ4n) is 2.38. The Hall–Kier alpha value is -1.94. The number of nitrogens with zero attached hydrogens (tertiary/aromatic N) is 1. The number of fused-ring (bicyclic) bond motifs is 1. The van der Waals surface area contributed by atoms with Crippen molar-refractivity contribution in [3.05, 3.63) is 70.8 Å². The summed E-state index contributed by atoms with van der Waals surface area (Å²) in [6, 6.07) is 14.8. The van der Waals surface area contributed by atoms with Crippen molar-refractivity contribution in [1.29, 1.82) is 0 Å². The lowest BCUT2D eigenvalue weighted by Crippen LogP contribution is -2.29. The van der Waals surface area contributed by atoms with Gasteiger partial charge in [0.25, 0.3) is 11.8 Å². The fourth-order valence-corrected chi connectivity index (χ4v) is 2.73. The van der Waals surface area contributed by atoms with E-state index in [1.807, 2.05) is 24.3 Å². The van der Waals surface area contributed by atoms with Crippen molar-refractivity contribution in [1.82, 2.24) is 4.90 Å². The van der Waals surface area contributed by atoms with Gasteiger partial charge in [-0.2, -0.15) is 0 Å². The average molecular weight is 330 g/mol. The van der Waals surface area contributed by atoms with E-state index in [0.29, 0.717) is 17.7 Å². The molecular weight excluding hydrogens is 318 g/mol. The highest BCUT2D eigenvalue weighted by atomic mass is 79.9. The van der Waals surface area contributed by atoms with Gasteiger partial charge in [-0.25, -0.2) is 0 Å². The summed E-state index contributed by atoms with van der Waals surface area (Å²) in [6.45, 7) is 0.313. The molecule has 0 bridgehead atoms. The first kappa shape index (κ1) is 13.1. The maximum atomic E-state index is 12.3. The summed E-state index contributed by atoms with van der Waals surface area (Å²) in [7, 11) is 0. The van der Waals surface area contributed by atoms with Crippen LogP contribution in [0.25, 0.3) is 0 Å². The van der Waals surface area contributed by atoms with Crippen molar-refractivity contribution >= 4 is 27.7 Å². The van der Waals surface area contributed by atoms with Gasteiger partial charge in [0.2, 0.25) is 0 Å². The Balaban J connectivity index is 1.89. The van der Waals surface area contributed by atoms with Crippen LogP contribution in [0.15, 0.2) is 48.5 Å². The molecule has 0 saturated heterocycles. The Bertz CT molecular complexity index is 661. The van der Waals surface area contributed by atoms with Crippen LogP contribution in [-0.2, 0) is 11.9 Å². The summed E-state index contributed by atoms with van der Waals surface area (Å²) in [5, 5.41) is 0.753. The van der Waals surface area contributed by atoms with E-state index >= 15 is 0 Å². The third-order valence-corrected chi connectivity index (χ3v) is 4.01. The second-order valence-electron chi connectivity index (χ2n) is 4.70. The first-order chi connectivity index (χ1) is 9.70. The number of benzene rings is 2. The van der Waals surface area contributed by atoms with E-state index in [0.717, 1.165) is 16.5 Å². The smallest absolute Gasteiger partial charge is 0.261 e. The van der Waals surface area contributed by atoms with Gasteiger partial charge in [-0.05, 0) is 23.3 Å². The summed E-state index contributed by atoms with van der Waals surface area (Å²) >= 11 is 3.40. The third kappa shape index (κ3) is 2.16. The quantitative estimate of drug-likeness (QED) is 0.639. The van der Waals surface area contributed by atoms with Crippen LogP contribution in [0.4, 0.5) is 0 Å². The summed E-state index contributed by atoms with van der Waals surface area (Å²) in [5.74, 6) is -0.426. The minimum atomic E-state index is -0.213. The van der Waals surface area contributed by atoms with Crippen LogP contribution in [-0.4, -0.2) is 16.7 Å². The van der Waals surface area contributed by atoms with Crippen molar-refractivity contribution in [3.8, 4) is 0 Å². The zero-order valence-corrected chi connectivity index (χ0v) is 12.3. The lowest BCUT2D eigenvalue weighted by atomic mass is 10.1. The number of alkyl halides is 1. The van der Waals surface area contributed by atoms with E-state index in [1.54, 1.807) is 24.3 Å². The molecule has 1 aliphatic rings.